The largest absolute Gasteiger partial charge is 0.490 e. The number of methoxy groups -OCH3 is 1. The zero-order valence-electron chi connectivity index (χ0n) is 9.36. The molecule has 2 N–H and O–H groups in total. The van der Waals surface area contributed by atoms with Crippen molar-refractivity contribution in [2.45, 2.75) is 6.92 Å². The Hall–Kier alpha value is -1.97. The number of hydrogen-bond acceptors (Lipinski definition) is 4. The van der Waals surface area contributed by atoms with Crippen LogP contribution in [0.3, 0.4) is 0 Å². The maximum atomic E-state index is 6.02. The van der Waals surface area contributed by atoms with E-state index in [2.05, 4.69) is 4.98 Å². The Balaban J connectivity index is 2.71. The van der Waals surface area contributed by atoms with Gasteiger partial charge in [-0.25, -0.2) is 4.98 Å². The van der Waals surface area contributed by atoms with Crippen molar-refractivity contribution in [2.75, 3.05) is 19.5 Å². The van der Waals surface area contributed by atoms with Gasteiger partial charge in [-0.15, -0.1) is 0 Å². The van der Waals surface area contributed by atoms with E-state index < -0.39 is 0 Å². The summed E-state index contributed by atoms with van der Waals surface area (Å²) in [6.07, 6.45) is 0. The zero-order valence-corrected chi connectivity index (χ0v) is 9.36. The van der Waals surface area contributed by atoms with E-state index in [4.69, 9.17) is 15.2 Å². The van der Waals surface area contributed by atoms with Gasteiger partial charge in [0, 0.05) is 5.39 Å². The summed E-state index contributed by atoms with van der Waals surface area (Å²) in [5, 5.41) is 0.878. The van der Waals surface area contributed by atoms with E-state index in [0.717, 1.165) is 10.9 Å². The van der Waals surface area contributed by atoms with Crippen LogP contribution in [0.1, 0.15) is 6.92 Å². The van der Waals surface area contributed by atoms with Crippen molar-refractivity contribution in [1.82, 2.24) is 4.98 Å². The number of anilines is 1. The molecule has 2 rings (SSSR count). The van der Waals surface area contributed by atoms with Crippen LogP contribution >= 0.6 is 0 Å². The lowest BCUT2D eigenvalue weighted by Gasteiger charge is -2.12. The molecule has 0 aliphatic carbocycles. The van der Waals surface area contributed by atoms with Crippen LogP contribution in [0.2, 0.25) is 0 Å². The first-order chi connectivity index (χ1) is 7.77. The molecule has 1 aromatic heterocycles. The normalized spacial score (nSPS) is 10.4. The Morgan fingerprint density at radius 3 is 2.75 bits per heavy atom. The first-order valence-corrected chi connectivity index (χ1v) is 5.13. The van der Waals surface area contributed by atoms with Crippen LogP contribution in [-0.2, 0) is 0 Å². The van der Waals surface area contributed by atoms with Crippen molar-refractivity contribution in [2.24, 2.45) is 0 Å². The highest BCUT2D eigenvalue weighted by molar-refractivity contribution is 5.94. The number of nitrogen functional groups attached to an aromatic ring is 1. The number of nitrogens with zero attached hydrogens (tertiary/aromatic N) is 1. The van der Waals surface area contributed by atoms with Crippen LogP contribution in [0.25, 0.3) is 10.9 Å². The molecule has 84 valence electrons. The minimum atomic E-state index is 0.446. The summed E-state index contributed by atoms with van der Waals surface area (Å²) in [5.74, 6) is 0.946. The molecule has 2 aromatic rings. The Morgan fingerprint density at radius 2 is 2.06 bits per heavy atom. The van der Waals surface area contributed by atoms with Gasteiger partial charge in [0.25, 0.3) is 5.88 Å². The molecule has 0 amide bonds. The molecular weight excluding hydrogens is 204 g/mol. The Morgan fingerprint density at radius 1 is 1.31 bits per heavy atom. The van der Waals surface area contributed by atoms with Crippen molar-refractivity contribution >= 4 is 16.6 Å². The Bertz CT molecular complexity index is 512. The second-order valence-electron chi connectivity index (χ2n) is 3.31. The third-order valence-electron chi connectivity index (χ3n) is 2.34. The maximum Gasteiger partial charge on any atom is 0.259 e. The number of nitrogens with two attached hydrogens (primary N) is 1. The van der Waals surface area contributed by atoms with Crippen LogP contribution in [0, 0.1) is 0 Å². The monoisotopic (exact) mass is 218 g/mol. The first-order valence-electron chi connectivity index (χ1n) is 5.13. The molecule has 4 heteroatoms. The fourth-order valence-corrected chi connectivity index (χ4v) is 1.63. The number of hydrogen-bond donors (Lipinski definition) is 1. The minimum absolute atomic E-state index is 0.446. The second kappa shape index (κ2) is 4.26. The highest BCUT2D eigenvalue weighted by Crippen LogP contribution is 2.36. The quantitative estimate of drug-likeness (QED) is 0.858. The maximum absolute atomic E-state index is 6.02. The van der Waals surface area contributed by atoms with Crippen LogP contribution in [-0.4, -0.2) is 18.7 Å². The molecule has 0 radical (unpaired) electrons. The number of benzene rings is 1. The van der Waals surface area contributed by atoms with Crippen molar-refractivity contribution in [3.05, 3.63) is 24.3 Å². The van der Waals surface area contributed by atoms with Crippen LogP contribution < -0.4 is 15.2 Å². The summed E-state index contributed by atoms with van der Waals surface area (Å²) in [7, 11) is 1.56. The molecule has 4 nitrogen and oxygen atoms in total. The molecule has 0 fully saturated rings. The molecule has 0 saturated heterocycles. The highest BCUT2D eigenvalue weighted by atomic mass is 16.5. The lowest BCUT2D eigenvalue weighted by atomic mass is 10.2. The predicted molar refractivity (Wildman–Crippen MR) is 63.9 cm³/mol. The first kappa shape index (κ1) is 10.5. The van der Waals surface area contributed by atoms with Gasteiger partial charge in [-0.1, -0.05) is 18.2 Å². The van der Waals surface area contributed by atoms with Crippen LogP contribution in [0.15, 0.2) is 24.3 Å². The van der Waals surface area contributed by atoms with E-state index in [9.17, 15) is 0 Å². The molecule has 0 spiro atoms. The average Bonchev–Trinajstić information content (AvgIpc) is 2.30. The van der Waals surface area contributed by atoms with Crippen molar-refractivity contribution < 1.29 is 9.47 Å². The standard InChI is InChI=1S/C12H14N2O2/c1-3-16-12-11(15-2)10(13)8-6-4-5-7-9(8)14-12/h4-7H,3H2,1-2H3,(H2,13,14). The SMILES string of the molecule is CCOc1nc2ccccc2c(N)c1OC. The van der Waals surface area contributed by atoms with Gasteiger partial charge in [0.15, 0.2) is 0 Å². The molecular formula is C12H14N2O2. The van der Waals surface area contributed by atoms with E-state index in [0.29, 0.717) is 23.9 Å². The fraction of sp³-hybridized carbons (Fsp3) is 0.250. The van der Waals surface area contributed by atoms with Crippen molar-refractivity contribution in [3.63, 3.8) is 0 Å². The lowest BCUT2D eigenvalue weighted by molar-refractivity contribution is 0.301. The van der Waals surface area contributed by atoms with Gasteiger partial charge in [0.2, 0.25) is 5.75 Å². The van der Waals surface area contributed by atoms with Gasteiger partial charge < -0.3 is 15.2 Å². The highest BCUT2D eigenvalue weighted by Gasteiger charge is 2.13. The molecule has 0 aliphatic rings. The van der Waals surface area contributed by atoms with Gasteiger partial charge in [0.05, 0.1) is 24.9 Å². The summed E-state index contributed by atoms with van der Waals surface area (Å²) in [6.45, 7) is 2.42. The third-order valence-corrected chi connectivity index (χ3v) is 2.34. The summed E-state index contributed by atoms with van der Waals surface area (Å²) < 4.78 is 10.6. The number of ether oxygens (including phenoxy) is 2. The smallest absolute Gasteiger partial charge is 0.259 e. The molecule has 1 aromatic carbocycles. The Kier molecular flexibility index (Phi) is 2.81. The summed E-state index contributed by atoms with van der Waals surface area (Å²) in [4.78, 5) is 4.37. The van der Waals surface area contributed by atoms with Gasteiger partial charge in [-0.05, 0) is 13.0 Å². The summed E-state index contributed by atoms with van der Waals surface area (Å²) in [6, 6.07) is 7.64. The van der Waals surface area contributed by atoms with Gasteiger partial charge in [0.1, 0.15) is 0 Å². The topological polar surface area (TPSA) is 57.4 Å². The Labute approximate surface area is 94.0 Å². The average molecular weight is 218 g/mol. The zero-order chi connectivity index (χ0) is 11.5. The van der Waals surface area contributed by atoms with Crippen molar-refractivity contribution in [1.29, 1.82) is 0 Å². The van der Waals surface area contributed by atoms with E-state index >= 15 is 0 Å². The molecule has 0 unspecified atom stereocenters. The second-order valence-corrected chi connectivity index (χ2v) is 3.31. The van der Waals surface area contributed by atoms with E-state index in [-0.39, 0.29) is 0 Å². The van der Waals surface area contributed by atoms with Gasteiger partial charge in [-0.3, -0.25) is 0 Å². The van der Waals surface area contributed by atoms with Crippen LogP contribution in [0.4, 0.5) is 5.69 Å². The van der Waals surface area contributed by atoms with E-state index in [1.807, 2.05) is 31.2 Å². The number of fused-ring (bicyclic) bond motifs is 1. The minimum Gasteiger partial charge on any atom is -0.490 e. The molecule has 0 aliphatic heterocycles. The van der Waals surface area contributed by atoms with Crippen LogP contribution in [0.5, 0.6) is 11.6 Å². The summed E-state index contributed by atoms with van der Waals surface area (Å²) >= 11 is 0. The lowest BCUT2D eigenvalue weighted by Crippen LogP contribution is -2.02. The third kappa shape index (κ3) is 1.62. The van der Waals surface area contributed by atoms with Gasteiger partial charge >= 0.3 is 0 Å². The van der Waals surface area contributed by atoms with E-state index in [1.54, 1.807) is 7.11 Å². The number of rotatable bonds is 3. The molecule has 0 bridgehead atoms. The molecule has 16 heavy (non-hydrogen) atoms. The van der Waals surface area contributed by atoms with E-state index in [1.165, 1.54) is 0 Å². The summed E-state index contributed by atoms with van der Waals surface area (Å²) in [5.41, 5.74) is 7.39. The molecule has 0 atom stereocenters. The molecule has 0 saturated carbocycles. The predicted octanol–water partition coefficient (Wildman–Crippen LogP) is 2.22. The van der Waals surface area contributed by atoms with Gasteiger partial charge in [-0.2, -0.15) is 0 Å². The van der Waals surface area contributed by atoms with Crippen molar-refractivity contribution in [3.8, 4) is 11.6 Å². The molecule has 1 heterocycles. The number of pyridine rings is 1. The number of aromatic nitrogens is 1. The fourth-order valence-electron chi connectivity index (χ4n) is 1.63. The number of para-hydroxylation sites is 1.